The van der Waals surface area contributed by atoms with Gasteiger partial charge in [-0.15, -0.1) is 0 Å². The molecule has 7 heteroatoms. The zero-order valence-electron chi connectivity index (χ0n) is 20.0. The fourth-order valence-electron chi connectivity index (χ4n) is 5.54. The van der Waals surface area contributed by atoms with E-state index in [-0.39, 0.29) is 22.9 Å². The maximum Gasteiger partial charge on any atom is 0.254 e. The molecule has 1 N–H and O–H groups in total. The van der Waals surface area contributed by atoms with E-state index in [1.54, 1.807) is 13.2 Å². The van der Waals surface area contributed by atoms with Crippen molar-refractivity contribution < 1.29 is 18.7 Å². The fraction of sp³-hybridized carbons (Fsp3) is 0.310. The third-order valence-corrected chi connectivity index (χ3v) is 7.56. The van der Waals surface area contributed by atoms with Crippen LogP contribution in [0, 0.1) is 5.82 Å². The first-order valence-corrected chi connectivity index (χ1v) is 12.7. The maximum absolute atomic E-state index is 14.0. The zero-order chi connectivity index (χ0) is 25.2. The Labute approximate surface area is 215 Å². The highest BCUT2D eigenvalue weighted by molar-refractivity contribution is 6.31. The average Bonchev–Trinajstić information content (AvgIpc) is 2.91. The van der Waals surface area contributed by atoms with Gasteiger partial charge in [-0.2, -0.15) is 0 Å². The number of ether oxygens (including phenoxy) is 1. The first-order chi connectivity index (χ1) is 17.5. The van der Waals surface area contributed by atoms with Crippen molar-refractivity contribution in [3.8, 4) is 5.75 Å². The number of benzene rings is 3. The standard InChI is InChI=1S/C29H28ClFN2O3/c1-36-21-14-11-18(12-15-21)27-26(28(34)32-19-13-16-25(31)24(30)17-19)22-9-5-6-10-23(22)29(35)33(27)20-7-3-2-4-8-20/h5-6,9-17,20,26-27H,2-4,7-8H2,1H3,(H,32,34)/t26-,27+/m1/s1. The zero-order valence-corrected chi connectivity index (χ0v) is 20.8. The summed E-state index contributed by atoms with van der Waals surface area (Å²) in [7, 11) is 1.60. The molecule has 0 unspecified atom stereocenters. The van der Waals surface area contributed by atoms with Crippen LogP contribution in [0.5, 0.6) is 5.75 Å². The van der Waals surface area contributed by atoms with Crippen LogP contribution in [0.4, 0.5) is 10.1 Å². The lowest BCUT2D eigenvalue weighted by Crippen LogP contribution is -2.51. The van der Waals surface area contributed by atoms with Gasteiger partial charge in [0.2, 0.25) is 5.91 Å². The maximum atomic E-state index is 14.0. The van der Waals surface area contributed by atoms with Crippen molar-refractivity contribution in [2.75, 3.05) is 12.4 Å². The smallest absolute Gasteiger partial charge is 0.254 e. The van der Waals surface area contributed by atoms with Crippen LogP contribution in [0.3, 0.4) is 0 Å². The number of nitrogens with one attached hydrogen (secondary N) is 1. The minimum Gasteiger partial charge on any atom is -0.497 e. The minimum atomic E-state index is -0.668. The molecule has 5 nitrogen and oxygen atoms in total. The monoisotopic (exact) mass is 506 g/mol. The summed E-state index contributed by atoms with van der Waals surface area (Å²) in [6.45, 7) is 0. The fourth-order valence-corrected chi connectivity index (χ4v) is 5.72. The Morgan fingerprint density at radius 3 is 2.44 bits per heavy atom. The van der Waals surface area contributed by atoms with Crippen LogP contribution in [0.25, 0.3) is 0 Å². The van der Waals surface area contributed by atoms with Gasteiger partial charge in [-0.1, -0.05) is 61.2 Å². The number of hydrogen-bond acceptors (Lipinski definition) is 3. The Morgan fingerprint density at radius 2 is 1.75 bits per heavy atom. The van der Waals surface area contributed by atoms with Crippen LogP contribution in [-0.2, 0) is 4.79 Å². The second-order valence-electron chi connectivity index (χ2n) is 9.41. The predicted molar refractivity (Wildman–Crippen MR) is 138 cm³/mol. The summed E-state index contributed by atoms with van der Waals surface area (Å²) < 4.78 is 19.1. The van der Waals surface area contributed by atoms with Crippen molar-refractivity contribution in [2.45, 2.75) is 50.1 Å². The third-order valence-electron chi connectivity index (χ3n) is 7.27. The van der Waals surface area contributed by atoms with Crippen LogP contribution in [0.15, 0.2) is 66.7 Å². The van der Waals surface area contributed by atoms with Crippen molar-refractivity contribution in [1.29, 1.82) is 0 Å². The molecule has 0 spiro atoms. The molecule has 0 aromatic heterocycles. The molecule has 3 aromatic carbocycles. The number of carbonyl (C=O) groups is 2. The summed E-state index contributed by atoms with van der Waals surface area (Å²) in [5.74, 6) is -0.847. The normalized spacial score (nSPS) is 20.1. The molecule has 2 amide bonds. The van der Waals surface area contributed by atoms with Gasteiger partial charge in [0.1, 0.15) is 11.6 Å². The molecule has 2 aliphatic rings. The van der Waals surface area contributed by atoms with Gasteiger partial charge in [0.15, 0.2) is 0 Å². The van der Waals surface area contributed by atoms with E-state index in [0.717, 1.165) is 37.7 Å². The Balaban J connectivity index is 1.63. The van der Waals surface area contributed by atoms with Crippen molar-refractivity contribution in [2.24, 2.45) is 0 Å². The first-order valence-electron chi connectivity index (χ1n) is 12.3. The molecule has 1 saturated carbocycles. The molecular weight excluding hydrogens is 479 g/mol. The topological polar surface area (TPSA) is 58.6 Å². The molecule has 1 heterocycles. The van der Waals surface area contributed by atoms with Gasteiger partial charge in [-0.05, 0) is 60.4 Å². The second-order valence-corrected chi connectivity index (χ2v) is 9.81. The van der Waals surface area contributed by atoms with Crippen molar-refractivity contribution in [3.63, 3.8) is 0 Å². The molecule has 0 radical (unpaired) electrons. The molecule has 3 aromatic rings. The van der Waals surface area contributed by atoms with Crippen LogP contribution in [0.1, 0.15) is 65.5 Å². The van der Waals surface area contributed by atoms with Gasteiger partial charge in [-0.25, -0.2) is 4.39 Å². The van der Waals surface area contributed by atoms with E-state index in [4.69, 9.17) is 16.3 Å². The highest BCUT2D eigenvalue weighted by atomic mass is 35.5. The Bertz CT molecular complexity index is 1270. The van der Waals surface area contributed by atoms with Crippen molar-refractivity contribution in [3.05, 3.63) is 94.3 Å². The number of halogens is 2. The molecule has 1 aliphatic heterocycles. The lowest BCUT2D eigenvalue weighted by Gasteiger charge is -2.46. The summed E-state index contributed by atoms with van der Waals surface area (Å²) >= 11 is 5.97. The Kier molecular flexibility index (Phi) is 6.97. The molecular formula is C29H28ClFN2O3. The Morgan fingerprint density at radius 1 is 1.03 bits per heavy atom. The average molecular weight is 507 g/mol. The highest BCUT2D eigenvalue weighted by Gasteiger charge is 2.46. The number of anilines is 1. The van der Waals surface area contributed by atoms with Crippen molar-refractivity contribution in [1.82, 2.24) is 4.90 Å². The SMILES string of the molecule is COc1ccc([C@H]2[C@H](C(=O)Nc3ccc(F)c(Cl)c3)c3ccccc3C(=O)N2C2CCCCC2)cc1. The van der Waals surface area contributed by atoms with E-state index in [0.29, 0.717) is 22.6 Å². The van der Waals surface area contributed by atoms with Gasteiger partial charge >= 0.3 is 0 Å². The summed E-state index contributed by atoms with van der Waals surface area (Å²) in [6.07, 6.45) is 5.06. The molecule has 2 atom stereocenters. The van der Waals surface area contributed by atoms with Gasteiger partial charge in [0, 0.05) is 17.3 Å². The molecule has 36 heavy (non-hydrogen) atoms. The van der Waals surface area contributed by atoms with Crippen LogP contribution >= 0.6 is 11.6 Å². The third kappa shape index (κ3) is 4.58. The van der Waals surface area contributed by atoms with E-state index in [2.05, 4.69) is 5.32 Å². The molecule has 5 rings (SSSR count). The summed E-state index contributed by atoms with van der Waals surface area (Å²) in [4.78, 5) is 29.8. The second kappa shape index (κ2) is 10.3. The predicted octanol–water partition coefficient (Wildman–Crippen LogP) is 6.74. The van der Waals surface area contributed by atoms with Gasteiger partial charge in [0.05, 0.1) is 24.1 Å². The van der Waals surface area contributed by atoms with Crippen LogP contribution in [0.2, 0.25) is 5.02 Å². The highest BCUT2D eigenvalue weighted by Crippen LogP contribution is 2.46. The summed E-state index contributed by atoms with van der Waals surface area (Å²) in [6, 6.07) is 18.5. The molecule has 1 fully saturated rings. The van der Waals surface area contributed by atoms with Crippen LogP contribution in [-0.4, -0.2) is 29.9 Å². The lowest BCUT2D eigenvalue weighted by atomic mass is 9.77. The summed E-state index contributed by atoms with van der Waals surface area (Å²) in [5, 5.41) is 2.86. The van der Waals surface area contributed by atoms with Gasteiger partial charge in [-0.3, -0.25) is 9.59 Å². The lowest BCUT2D eigenvalue weighted by molar-refractivity contribution is -0.119. The number of methoxy groups -OCH3 is 1. The number of amides is 2. The first kappa shape index (κ1) is 24.3. The van der Waals surface area contributed by atoms with E-state index < -0.39 is 17.8 Å². The molecule has 0 saturated heterocycles. The van der Waals surface area contributed by atoms with E-state index in [1.165, 1.54) is 18.2 Å². The molecule has 186 valence electrons. The van der Waals surface area contributed by atoms with E-state index >= 15 is 0 Å². The number of fused-ring (bicyclic) bond motifs is 1. The minimum absolute atomic E-state index is 0.0438. The van der Waals surface area contributed by atoms with E-state index in [1.807, 2.05) is 47.4 Å². The number of hydrogen-bond donors (Lipinski definition) is 1. The summed E-state index contributed by atoms with van der Waals surface area (Å²) in [5.41, 5.74) is 2.49. The van der Waals surface area contributed by atoms with E-state index in [9.17, 15) is 14.0 Å². The quantitative estimate of drug-likeness (QED) is 0.417. The molecule has 0 bridgehead atoms. The van der Waals surface area contributed by atoms with Gasteiger partial charge < -0.3 is 15.0 Å². The number of carbonyl (C=O) groups excluding carboxylic acids is 2. The van der Waals surface area contributed by atoms with Crippen molar-refractivity contribution >= 4 is 29.1 Å². The molecule has 1 aliphatic carbocycles. The number of rotatable bonds is 5. The van der Waals surface area contributed by atoms with Gasteiger partial charge in [0.25, 0.3) is 5.91 Å². The number of nitrogens with zero attached hydrogens (tertiary/aromatic N) is 1. The largest absolute Gasteiger partial charge is 0.497 e. The Hall–Kier alpha value is -3.38. The van der Waals surface area contributed by atoms with Crippen LogP contribution < -0.4 is 10.1 Å².